The number of carbonyl (C=O) groups is 2. The maximum absolute atomic E-state index is 11.5. The first-order valence-electron chi connectivity index (χ1n) is 8.14. The summed E-state index contributed by atoms with van der Waals surface area (Å²) in [5.74, 6) is 0.0122. The highest BCUT2D eigenvalue weighted by atomic mass is 32.2. The molecular weight excluding hydrogens is 344 g/mol. The second-order valence-corrected chi connectivity index (χ2v) is 6.95. The SMILES string of the molecule is CO[C@@H]1C[C@H](OC(C)=O)[C@H](SCc2ccccc2)[C@@H](COC(C)=O)O1. The molecule has 1 fully saturated rings. The van der Waals surface area contributed by atoms with E-state index >= 15 is 0 Å². The Morgan fingerprint density at radius 1 is 1.20 bits per heavy atom. The summed E-state index contributed by atoms with van der Waals surface area (Å²) >= 11 is 1.62. The molecule has 0 bridgehead atoms. The molecule has 1 saturated heterocycles. The van der Waals surface area contributed by atoms with Crippen LogP contribution in [0.5, 0.6) is 0 Å². The van der Waals surface area contributed by atoms with Crippen LogP contribution in [0.1, 0.15) is 25.8 Å². The Morgan fingerprint density at radius 3 is 2.52 bits per heavy atom. The van der Waals surface area contributed by atoms with Crippen molar-refractivity contribution in [2.75, 3.05) is 13.7 Å². The first-order valence-corrected chi connectivity index (χ1v) is 9.19. The van der Waals surface area contributed by atoms with Gasteiger partial charge in [0, 0.05) is 33.1 Å². The summed E-state index contributed by atoms with van der Waals surface area (Å²) in [6, 6.07) is 10.0. The number of hydrogen-bond donors (Lipinski definition) is 0. The fraction of sp³-hybridized carbons (Fsp3) is 0.556. The van der Waals surface area contributed by atoms with E-state index in [1.807, 2.05) is 30.3 Å². The van der Waals surface area contributed by atoms with Gasteiger partial charge in [-0.1, -0.05) is 30.3 Å². The zero-order chi connectivity index (χ0) is 18.2. The van der Waals surface area contributed by atoms with Crippen molar-refractivity contribution in [1.29, 1.82) is 0 Å². The molecule has 25 heavy (non-hydrogen) atoms. The zero-order valence-electron chi connectivity index (χ0n) is 14.7. The Labute approximate surface area is 152 Å². The van der Waals surface area contributed by atoms with E-state index in [2.05, 4.69) is 0 Å². The molecule has 138 valence electrons. The van der Waals surface area contributed by atoms with Crippen molar-refractivity contribution in [2.24, 2.45) is 0 Å². The van der Waals surface area contributed by atoms with E-state index in [9.17, 15) is 9.59 Å². The Kier molecular flexibility index (Phi) is 7.74. The van der Waals surface area contributed by atoms with Gasteiger partial charge in [0.1, 0.15) is 18.8 Å². The summed E-state index contributed by atoms with van der Waals surface area (Å²) in [6.07, 6.45) is -0.844. The summed E-state index contributed by atoms with van der Waals surface area (Å²) in [5, 5.41) is -0.158. The minimum atomic E-state index is -0.501. The van der Waals surface area contributed by atoms with E-state index in [-0.39, 0.29) is 29.9 Å². The van der Waals surface area contributed by atoms with E-state index in [1.54, 1.807) is 11.8 Å². The van der Waals surface area contributed by atoms with Gasteiger partial charge in [-0.25, -0.2) is 0 Å². The van der Waals surface area contributed by atoms with Gasteiger partial charge < -0.3 is 18.9 Å². The van der Waals surface area contributed by atoms with E-state index in [0.29, 0.717) is 6.42 Å². The minimum absolute atomic E-state index is 0.0966. The van der Waals surface area contributed by atoms with E-state index in [4.69, 9.17) is 18.9 Å². The van der Waals surface area contributed by atoms with Crippen LogP contribution in [0, 0.1) is 0 Å². The molecule has 1 heterocycles. The number of methoxy groups -OCH3 is 1. The van der Waals surface area contributed by atoms with E-state index in [0.717, 1.165) is 11.3 Å². The molecule has 0 amide bonds. The molecule has 1 aliphatic rings. The van der Waals surface area contributed by atoms with Crippen LogP contribution < -0.4 is 0 Å². The fourth-order valence-electron chi connectivity index (χ4n) is 2.69. The largest absolute Gasteiger partial charge is 0.463 e. The number of hydrogen-bond acceptors (Lipinski definition) is 7. The molecule has 0 aliphatic carbocycles. The van der Waals surface area contributed by atoms with Crippen molar-refractivity contribution >= 4 is 23.7 Å². The number of rotatable bonds is 7. The lowest BCUT2D eigenvalue weighted by Crippen LogP contribution is -2.50. The Hall–Kier alpha value is -1.57. The average Bonchev–Trinajstić information content (AvgIpc) is 2.59. The number of benzene rings is 1. The van der Waals surface area contributed by atoms with Crippen molar-refractivity contribution in [3.63, 3.8) is 0 Å². The van der Waals surface area contributed by atoms with Crippen LogP contribution in [0.15, 0.2) is 30.3 Å². The lowest BCUT2D eigenvalue weighted by molar-refractivity contribution is -0.217. The van der Waals surface area contributed by atoms with Gasteiger partial charge in [-0.2, -0.15) is 0 Å². The maximum atomic E-state index is 11.5. The van der Waals surface area contributed by atoms with Gasteiger partial charge in [0.15, 0.2) is 6.29 Å². The maximum Gasteiger partial charge on any atom is 0.302 e. The molecule has 4 atom stereocenters. The standard InChI is InChI=1S/C18H24O6S/c1-12(19)22-10-16-18(25-11-14-7-5-4-6-8-14)15(23-13(2)20)9-17(21-3)24-16/h4-8,15-18H,9-11H2,1-3H3/t15-,16+,17-,18-/m0/s1. The summed E-state index contributed by atoms with van der Waals surface area (Å²) < 4.78 is 21.8. The van der Waals surface area contributed by atoms with Crippen LogP contribution in [0.25, 0.3) is 0 Å². The number of carbonyl (C=O) groups excluding carboxylic acids is 2. The quantitative estimate of drug-likeness (QED) is 0.685. The third-order valence-electron chi connectivity index (χ3n) is 3.80. The zero-order valence-corrected chi connectivity index (χ0v) is 15.5. The molecule has 0 saturated carbocycles. The molecule has 1 aromatic rings. The lowest BCUT2D eigenvalue weighted by Gasteiger charge is -2.40. The normalized spacial score (nSPS) is 26.0. The molecule has 2 rings (SSSR count). The molecule has 0 radical (unpaired) electrons. The van der Waals surface area contributed by atoms with Crippen LogP contribution >= 0.6 is 11.8 Å². The predicted octanol–water partition coefficient (Wildman–Crippen LogP) is 2.54. The second-order valence-electron chi connectivity index (χ2n) is 5.79. The Morgan fingerprint density at radius 2 is 1.92 bits per heavy atom. The molecule has 1 aliphatic heterocycles. The fourth-order valence-corrected chi connectivity index (χ4v) is 4.00. The van der Waals surface area contributed by atoms with Crippen molar-refractivity contribution in [1.82, 2.24) is 0 Å². The van der Waals surface area contributed by atoms with Gasteiger partial charge in [0.2, 0.25) is 0 Å². The van der Waals surface area contributed by atoms with E-state index in [1.165, 1.54) is 21.0 Å². The van der Waals surface area contributed by atoms with Crippen molar-refractivity contribution in [2.45, 2.75) is 49.8 Å². The van der Waals surface area contributed by atoms with Gasteiger partial charge in [0.25, 0.3) is 0 Å². The smallest absolute Gasteiger partial charge is 0.302 e. The summed E-state index contributed by atoms with van der Waals surface area (Å²) in [5.41, 5.74) is 1.16. The highest BCUT2D eigenvalue weighted by molar-refractivity contribution is 7.99. The number of ether oxygens (including phenoxy) is 4. The third kappa shape index (κ3) is 6.34. The van der Waals surface area contributed by atoms with Gasteiger partial charge in [-0.15, -0.1) is 11.8 Å². The van der Waals surface area contributed by atoms with Crippen molar-refractivity contribution in [3.8, 4) is 0 Å². The molecule has 1 aromatic carbocycles. The van der Waals surface area contributed by atoms with Gasteiger partial charge in [-0.3, -0.25) is 9.59 Å². The number of thioether (sulfide) groups is 1. The third-order valence-corrected chi connectivity index (χ3v) is 5.29. The topological polar surface area (TPSA) is 71.1 Å². The van der Waals surface area contributed by atoms with Crippen LogP contribution in [0.3, 0.4) is 0 Å². The van der Waals surface area contributed by atoms with Crippen LogP contribution in [-0.4, -0.2) is 49.4 Å². The molecule has 0 unspecified atom stereocenters. The summed E-state index contributed by atoms with van der Waals surface area (Å²) in [4.78, 5) is 22.7. The molecule has 0 N–H and O–H groups in total. The van der Waals surface area contributed by atoms with E-state index < -0.39 is 12.4 Å². The number of esters is 2. The van der Waals surface area contributed by atoms with Gasteiger partial charge in [-0.05, 0) is 5.56 Å². The average molecular weight is 368 g/mol. The first kappa shape index (κ1) is 19.8. The summed E-state index contributed by atoms with van der Waals surface area (Å²) in [6.45, 7) is 2.84. The Bertz CT molecular complexity index is 564. The molecule has 6 nitrogen and oxygen atoms in total. The molecular formula is C18H24O6S. The highest BCUT2D eigenvalue weighted by Crippen LogP contribution is 2.34. The minimum Gasteiger partial charge on any atom is -0.463 e. The molecule has 0 aromatic heterocycles. The molecule has 0 spiro atoms. The monoisotopic (exact) mass is 368 g/mol. The van der Waals surface area contributed by atoms with Gasteiger partial charge >= 0.3 is 11.9 Å². The van der Waals surface area contributed by atoms with Crippen LogP contribution in [0.4, 0.5) is 0 Å². The van der Waals surface area contributed by atoms with Crippen molar-refractivity contribution < 1.29 is 28.5 Å². The van der Waals surface area contributed by atoms with Crippen LogP contribution in [0.2, 0.25) is 0 Å². The van der Waals surface area contributed by atoms with Crippen molar-refractivity contribution in [3.05, 3.63) is 35.9 Å². The molecule has 7 heteroatoms. The highest BCUT2D eigenvalue weighted by Gasteiger charge is 2.41. The van der Waals surface area contributed by atoms with Crippen LogP contribution in [-0.2, 0) is 34.3 Å². The summed E-state index contributed by atoms with van der Waals surface area (Å²) in [7, 11) is 1.54. The predicted molar refractivity (Wildman–Crippen MR) is 94.0 cm³/mol. The Balaban J connectivity index is 2.11. The van der Waals surface area contributed by atoms with Gasteiger partial charge in [0.05, 0.1) is 5.25 Å². The second kappa shape index (κ2) is 9.79. The lowest BCUT2D eigenvalue weighted by atomic mass is 10.0. The first-order chi connectivity index (χ1) is 12.0.